The summed E-state index contributed by atoms with van der Waals surface area (Å²) in [4.78, 5) is 10.9. The van der Waals surface area contributed by atoms with E-state index in [0.29, 0.717) is 18.4 Å². The SMILES string of the molecule is CCC(C)N(CC)CCN(C)C(O)CNC(O)C1=NC2C=C(F)C=CC2N1Cc1ccccc1. The van der Waals surface area contributed by atoms with Gasteiger partial charge in [-0.05, 0) is 44.7 Å². The van der Waals surface area contributed by atoms with Crippen molar-refractivity contribution in [2.75, 3.05) is 33.2 Å². The second kappa shape index (κ2) is 12.6. The fourth-order valence-corrected chi connectivity index (χ4v) is 4.45. The Kier molecular flexibility index (Phi) is 9.79. The van der Waals surface area contributed by atoms with Crippen LogP contribution in [0.2, 0.25) is 0 Å². The van der Waals surface area contributed by atoms with Gasteiger partial charge in [0.25, 0.3) is 0 Å². The number of aliphatic hydroxyl groups is 2. The molecule has 1 aromatic carbocycles. The van der Waals surface area contributed by atoms with Gasteiger partial charge < -0.3 is 15.1 Å². The van der Waals surface area contributed by atoms with E-state index in [-0.39, 0.29) is 24.5 Å². The molecule has 188 valence electrons. The second-order valence-electron chi connectivity index (χ2n) is 9.15. The lowest BCUT2D eigenvalue weighted by Crippen LogP contribution is -2.51. The summed E-state index contributed by atoms with van der Waals surface area (Å²) in [6.45, 7) is 9.83. The van der Waals surface area contributed by atoms with Gasteiger partial charge in [-0.2, -0.15) is 0 Å². The smallest absolute Gasteiger partial charge is 0.163 e. The van der Waals surface area contributed by atoms with E-state index in [1.165, 1.54) is 12.2 Å². The van der Waals surface area contributed by atoms with Crippen molar-refractivity contribution in [3.05, 3.63) is 60.0 Å². The van der Waals surface area contributed by atoms with Gasteiger partial charge in [0.1, 0.15) is 17.9 Å². The Bertz CT molecular complexity index is 862. The van der Waals surface area contributed by atoms with E-state index in [1.54, 1.807) is 6.08 Å². The summed E-state index contributed by atoms with van der Waals surface area (Å²) >= 11 is 0. The average molecular weight is 474 g/mol. The lowest BCUT2D eigenvalue weighted by molar-refractivity contribution is 0.00726. The quantitative estimate of drug-likeness (QED) is 0.382. The van der Waals surface area contributed by atoms with E-state index in [4.69, 9.17) is 0 Å². The minimum atomic E-state index is -1.07. The number of aliphatic hydroxyl groups excluding tert-OH is 2. The van der Waals surface area contributed by atoms with Gasteiger partial charge >= 0.3 is 0 Å². The Morgan fingerprint density at radius 1 is 1.18 bits per heavy atom. The summed E-state index contributed by atoms with van der Waals surface area (Å²) < 4.78 is 13.8. The molecule has 1 aromatic rings. The first kappa shape index (κ1) is 26.5. The highest BCUT2D eigenvalue weighted by Gasteiger charge is 2.38. The highest BCUT2D eigenvalue weighted by atomic mass is 19.1. The molecule has 1 heterocycles. The Hall–Kier alpha value is -2.10. The molecular formula is C26H40FN5O2. The van der Waals surface area contributed by atoms with E-state index in [2.05, 4.69) is 36.0 Å². The Morgan fingerprint density at radius 2 is 1.91 bits per heavy atom. The predicted octanol–water partition coefficient (Wildman–Crippen LogP) is 2.34. The fourth-order valence-electron chi connectivity index (χ4n) is 4.45. The van der Waals surface area contributed by atoms with Crippen molar-refractivity contribution in [1.29, 1.82) is 0 Å². The third kappa shape index (κ3) is 6.73. The van der Waals surface area contributed by atoms with Gasteiger partial charge in [0.05, 0.1) is 12.1 Å². The van der Waals surface area contributed by atoms with Crippen LogP contribution in [0.3, 0.4) is 0 Å². The predicted molar refractivity (Wildman–Crippen MR) is 135 cm³/mol. The highest BCUT2D eigenvalue weighted by molar-refractivity contribution is 5.89. The average Bonchev–Trinajstić information content (AvgIpc) is 3.20. The maximum absolute atomic E-state index is 13.8. The number of aliphatic imine (C=N–C) groups is 1. The van der Waals surface area contributed by atoms with Crippen LogP contribution >= 0.6 is 0 Å². The zero-order valence-electron chi connectivity index (χ0n) is 20.8. The Morgan fingerprint density at radius 3 is 2.59 bits per heavy atom. The molecule has 34 heavy (non-hydrogen) atoms. The standard InChI is InChI=1S/C26H40FN5O2/c1-5-19(3)31(6-2)15-14-30(4)24(33)17-28-26(34)25-29-22-16-21(27)12-13-23(22)32(25)18-20-10-8-7-9-11-20/h7-13,16,19,22-24,26,28,33-34H,5-6,14-15,17-18H2,1-4H3. The molecule has 0 aromatic heterocycles. The first-order chi connectivity index (χ1) is 16.3. The zero-order chi connectivity index (χ0) is 24.7. The van der Waals surface area contributed by atoms with Gasteiger partial charge in [-0.15, -0.1) is 0 Å². The molecule has 0 radical (unpaired) electrons. The number of hydrogen-bond acceptors (Lipinski definition) is 7. The number of amidine groups is 1. The van der Waals surface area contributed by atoms with Gasteiger partial charge in [0.15, 0.2) is 6.23 Å². The first-order valence-corrected chi connectivity index (χ1v) is 12.3. The molecule has 0 amide bonds. The molecule has 2 aliphatic rings. The molecule has 1 aliphatic heterocycles. The van der Waals surface area contributed by atoms with Crippen LogP contribution in [0.4, 0.5) is 4.39 Å². The summed E-state index contributed by atoms with van der Waals surface area (Å²) in [5, 5.41) is 24.6. The molecule has 1 aliphatic carbocycles. The number of nitrogens with one attached hydrogen (secondary N) is 1. The van der Waals surface area contributed by atoms with Crippen molar-refractivity contribution in [1.82, 2.24) is 20.0 Å². The van der Waals surface area contributed by atoms with Crippen molar-refractivity contribution in [2.45, 2.75) is 64.3 Å². The van der Waals surface area contributed by atoms with Crippen LogP contribution in [0.25, 0.3) is 0 Å². The van der Waals surface area contributed by atoms with Crippen LogP contribution in [0.1, 0.15) is 32.8 Å². The van der Waals surface area contributed by atoms with Gasteiger partial charge in [0.2, 0.25) is 0 Å². The fraction of sp³-hybridized carbons (Fsp3) is 0.577. The molecule has 7 nitrogen and oxygen atoms in total. The molecular weight excluding hydrogens is 433 g/mol. The molecule has 8 heteroatoms. The van der Waals surface area contributed by atoms with Crippen LogP contribution in [0.15, 0.2) is 59.4 Å². The third-order valence-electron chi connectivity index (χ3n) is 6.87. The monoisotopic (exact) mass is 473 g/mol. The van der Waals surface area contributed by atoms with E-state index in [1.807, 2.05) is 47.2 Å². The normalized spacial score (nSPS) is 22.6. The van der Waals surface area contributed by atoms with Crippen molar-refractivity contribution in [2.24, 2.45) is 4.99 Å². The molecule has 3 rings (SSSR count). The molecule has 0 fully saturated rings. The van der Waals surface area contributed by atoms with E-state index in [9.17, 15) is 14.6 Å². The molecule has 3 N–H and O–H groups in total. The van der Waals surface area contributed by atoms with Gasteiger partial charge in [-0.3, -0.25) is 20.1 Å². The summed E-state index contributed by atoms with van der Waals surface area (Å²) in [7, 11) is 1.88. The maximum atomic E-state index is 13.8. The van der Waals surface area contributed by atoms with Crippen LogP contribution in [-0.4, -0.2) is 94.6 Å². The van der Waals surface area contributed by atoms with Crippen molar-refractivity contribution in [3.8, 4) is 0 Å². The number of rotatable bonds is 13. The van der Waals surface area contributed by atoms with Crippen molar-refractivity contribution in [3.63, 3.8) is 0 Å². The second-order valence-corrected chi connectivity index (χ2v) is 9.15. The number of nitrogens with zero attached hydrogens (tertiary/aromatic N) is 4. The number of hydrogen-bond donors (Lipinski definition) is 3. The van der Waals surface area contributed by atoms with Gasteiger partial charge in [-0.25, -0.2) is 4.39 Å². The van der Waals surface area contributed by atoms with Gasteiger partial charge in [-0.1, -0.05) is 50.3 Å². The first-order valence-electron chi connectivity index (χ1n) is 12.3. The molecule has 0 spiro atoms. The molecule has 0 bridgehead atoms. The number of likely N-dealkylation sites (N-methyl/N-ethyl adjacent to an activating group) is 2. The minimum Gasteiger partial charge on any atom is -0.377 e. The minimum absolute atomic E-state index is 0.153. The largest absolute Gasteiger partial charge is 0.377 e. The Balaban J connectivity index is 1.59. The van der Waals surface area contributed by atoms with Crippen LogP contribution in [0, 0.1) is 0 Å². The van der Waals surface area contributed by atoms with E-state index >= 15 is 0 Å². The molecule has 0 saturated heterocycles. The third-order valence-corrected chi connectivity index (χ3v) is 6.87. The lowest BCUT2D eigenvalue weighted by Gasteiger charge is -2.32. The topological polar surface area (TPSA) is 74.6 Å². The van der Waals surface area contributed by atoms with Crippen LogP contribution in [-0.2, 0) is 6.54 Å². The molecule has 5 atom stereocenters. The van der Waals surface area contributed by atoms with E-state index < -0.39 is 12.5 Å². The summed E-state index contributed by atoms with van der Waals surface area (Å²) in [6.07, 6.45) is 4.00. The number of fused-ring (bicyclic) bond motifs is 1. The summed E-state index contributed by atoms with van der Waals surface area (Å²) in [6, 6.07) is 9.91. The molecule has 5 unspecified atom stereocenters. The van der Waals surface area contributed by atoms with Gasteiger partial charge in [0, 0.05) is 32.2 Å². The van der Waals surface area contributed by atoms with Crippen molar-refractivity contribution < 1.29 is 14.6 Å². The number of benzene rings is 1. The summed E-state index contributed by atoms with van der Waals surface area (Å²) in [5.41, 5.74) is 1.08. The number of halogens is 1. The number of allylic oxidation sites excluding steroid dienone is 2. The van der Waals surface area contributed by atoms with E-state index in [0.717, 1.165) is 31.6 Å². The Labute approximate surface area is 203 Å². The maximum Gasteiger partial charge on any atom is 0.163 e. The molecule has 0 saturated carbocycles. The summed E-state index contributed by atoms with van der Waals surface area (Å²) in [5.74, 6) is 0.141. The van der Waals surface area contributed by atoms with Crippen LogP contribution in [0.5, 0.6) is 0 Å². The highest BCUT2D eigenvalue weighted by Crippen LogP contribution is 2.28. The lowest BCUT2D eigenvalue weighted by atomic mass is 10.0. The van der Waals surface area contributed by atoms with Crippen molar-refractivity contribution >= 4 is 5.84 Å². The van der Waals surface area contributed by atoms with Crippen LogP contribution < -0.4 is 5.32 Å². The zero-order valence-corrected chi connectivity index (χ0v) is 20.8.